The molecule has 5 heteroatoms. The van der Waals surface area contributed by atoms with E-state index in [9.17, 15) is 4.79 Å². The minimum atomic E-state index is -0.297. The molecule has 5 nitrogen and oxygen atoms in total. The first-order chi connectivity index (χ1) is 8.77. The number of primary amides is 1. The number of nitrogens with two attached hydrogens (primary N) is 1. The molecule has 0 aliphatic carbocycles. The van der Waals surface area contributed by atoms with Gasteiger partial charge in [-0.05, 0) is 6.07 Å². The summed E-state index contributed by atoms with van der Waals surface area (Å²) in [7, 11) is 0. The third-order valence-corrected chi connectivity index (χ3v) is 2.72. The Kier molecular flexibility index (Phi) is 4.41. The first-order valence-corrected chi connectivity index (χ1v) is 6.14. The van der Waals surface area contributed by atoms with Gasteiger partial charge < -0.3 is 20.5 Å². The van der Waals surface area contributed by atoms with Crippen LogP contribution in [-0.2, 0) is 11.3 Å². The Bertz CT molecular complexity index is 421. The van der Waals surface area contributed by atoms with Gasteiger partial charge in [-0.2, -0.15) is 0 Å². The third kappa shape index (κ3) is 3.37. The molecule has 1 aliphatic rings. The fraction of sp³-hybridized carbons (Fsp3) is 0.462. The monoisotopic (exact) mass is 250 g/mol. The van der Waals surface area contributed by atoms with Crippen LogP contribution in [0, 0.1) is 0 Å². The first-order valence-electron chi connectivity index (χ1n) is 6.14. The van der Waals surface area contributed by atoms with Gasteiger partial charge in [-0.15, -0.1) is 0 Å². The number of ether oxygens (including phenoxy) is 2. The molecule has 0 radical (unpaired) electrons. The Hall–Kier alpha value is -1.75. The maximum Gasteiger partial charge on any atom is 0.218 e. The number of hydrogen-bond acceptors (Lipinski definition) is 4. The summed E-state index contributed by atoms with van der Waals surface area (Å²) in [6.07, 6.45) is 1.23. The van der Waals surface area contributed by atoms with Crippen molar-refractivity contribution in [1.82, 2.24) is 5.32 Å². The van der Waals surface area contributed by atoms with E-state index in [1.165, 1.54) is 0 Å². The summed E-state index contributed by atoms with van der Waals surface area (Å²) in [4.78, 5) is 10.6. The number of fused-ring (bicyclic) bond motifs is 1. The largest absolute Gasteiger partial charge is 0.490 e. The van der Waals surface area contributed by atoms with Crippen molar-refractivity contribution < 1.29 is 14.3 Å². The van der Waals surface area contributed by atoms with E-state index >= 15 is 0 Å². The lowest BCUT2D eigenvalue weighted by molar-refractivity contribution is -0.117. The minimum absolute atomic E-state index is 0.297. The van der Waals surface area contributed by atoms with Crippen molar-refractivity contribution >= 4 is 5.91 Å². The lowest BCUT2D eigenvalue weighted by atomic mass is 10.2. The molecule has 0 saturated carbocycles. The molecule has 0 bridgehead atoms. The normalized spacial score (nSPS) is 14.0. The van der Waals surface area contributed by atoms with Crippen LogP contribution in [0.25, 0.3) is 0 Å². The summed E-state index contributed by atoms with van der Waals surface area (Å²) in [5, 5.41) is 3.17. The highest BCUT2D eigenvalue weighted by Crippen LogP contribution is 2.32. The average Bonchev–Trinajstić information content (AvgIpc) is 2.60. The van der Waals surface area contributed by atoms with E-state index in [-0.39, 0.29) is 5.91 Å². The van der Waals surface area contributed by atoms with Gasteiger partial charge in [0.25, 0.3) is 0 Å². The van der Waals surface area contributed by atoms with Crippen molar-refractivity contribution in [2.24, 2.45) is 5.73 Å². The van der Waals surface area contributed by atoms with Crippen LogP contribution in [0.1, 0.15) is 18.4 Å². The van der Waals surface area contributed by atoms with Crippen LogP contribution in [0.3, 0.4) is 0 Å². The molecule has 1 heterocycles. The summed E-state index contributed by atoms with van der Waals surface area (Å²) in [6.45, 7) is 2.57. The van der Waals surface area contributed by atoms with Gasteiger partial charge in [0.15, 0.2) is 11.5 Å². The number of benzene rings is 1. The Morgan fingerprint density at radius 2 is 2.17 bits per heavy atom. The molecule has 1 aromatic carbocycles. The van der Waals surface area contributed by atoms with Crippen molar-refractivity contribution in [1.29, 1.82) is 0 Å². The van der Waals surface area contributed by atoms with Crippen molar-refractivity contribution in [3.05, 3.63) is 23.8 Å². The molecule has 1 aromatic rings. The van der Waals surface area contributed by atoms with E-state index in [0.29, 0.717) is 32.7 Å². The second-order valence-corrected chi connectivity index (χ2v) is 4.19. The van der Waals surface area contributed by atoms with E-state index < -0.39 is 0 Å². The minimum Gasteiger partial charge on any atom is -0.490 e. The zero-order valence-electron chi connectivity index (χ0n) is 10.3. The molecule has 98 valence electrons. The van der Waals surface area contributed by atoms with Gasteiger partial charge in [0.05, 0.1) is 13.2 Å². The van der Waals surface area contributed by atoms with Gasteiger partial charge in [-0.3, -0.25) is 4.79 Å². The van der Waals surface area contributed by atoms with Gasteiger partial charge in [0, 0.05) is 31.5 Å². The molecular formula is C13H18N2O3. The standard InChI is InChI=1S/C13H18N2O3/c14-12(16)5-6-15-9-10-3-1-4-11-13(10)18-8-2-7-17-11/h1,3-4,15H,2,5-9H2,(H2,14,16). The molecule has 1 aliphatic heterocycles. The molecule has 0 atom stereocenters. The zero-order chi connectivity index (χ0) is 12.8. The number of para-hydroxylation sites is 1. The van der Waals surface area contributed by atoms with Gasteiger partial charge >= 0.3 is 0 Å². The summed E-state index contributed by atoms with van der Waals surface area (Å²) in [6, 6.07) is 5.84. The van der Waals surface area contributed by atoms with Crippen LogP contribution in [0.15, 0.2) is 18.2 Å². The molecular weight excluding hydrogens is 232 g/mol. The maximum absolute atomic E-state index is 10.6. The molecule has 3 N–H and O–H groups in total. The third-order valence-electron chi connectivity index (χ3n) is 2.72. The van der Waals surface area contributed by atoms with Crippen LogP contribution in [-0.4, -0.2) is 25.7 Å². The predicted octanol–water partition coefficient (Wildman–Crippen LogP) is 0.813. The molecule has 0 aromatic heterocycles. The summed E-state index contributed by atoms with van der Waals surface area (Å²) < 4.78 is 11.3. The maximum atomic E-state index is 10.6. The number of carbonyl (C=O) groups excluding carboxylic acids is 1. The van der Waals surface area contributed by atoms with Crippen LogP contribution < -0.4 is 20.5 Å². The quantitative estimate of drug-likeness (QED) is 0.759. The van der Waals surface area contributed by atoms with Crippen LogP contribution >= 0.6 is 0 Å². The van der Waals surface area contributed by atoms with Gasteiger partial charge in [0.1, 0.15) is 0 Å². The fourth-order valence-corrected chi connectivity index (χ4v) is 1.83. The van der Waals surface area contributed by atoms with Crippen molar-refractivity contribution in [3.63, 3.8) is 0 Å². The Balaban J connectivity index is 1.97. The average molecular weight is 250 g/mol. The molecule has 2 rings (SSSR count). The van der Waals surface area contributed by atoms with E-state index in [1.807, 2.05) is 18.2 Å². The summed E-state index contributed by atoms with van der Waals surface area (Å²) >= 11 is 0. The number of amides is 1. The molecule has 0 saturated heterocycles. The van der Waals surface area contributed by atoms with E-state index in [0.717, 1.165) is 23.5 Å². The van der Waals surface area contributed by atoms with Crippen molar-refractivity contribution in [2.45, 2.75) is 19.4 Å². The highest BCUT2D eigenvalue weighted by atomic mass is 16.5. The first kappa shape index (κ1) is 12.7. The molecule has 0 fully saturated rings. The topological polar surface area (TPSA) is 73.6 Å². The molecule has 0 spiro atoms. The highest BCUT2D eigenvalue weighted by Gasteiger charge is 2.13. The second kappa shape index (κ2) is 6.26. The summed E-state index contributed by atoms with van der Waals surface area (Å²) in [5.74, 6) is 1.30. The SMILES string of the molecule is NC(=O)CCNCc1cccc2c1OCCCO2. The number of nitrogens with one attached hydrogen (secondary N) is 1. The highest BCUT2D eigenvalue weighted by molar-refractivity contribution is 5.73. The smallest absolute Gasteiger partial charge is 0.218 e. The van der Waals surface area contributed by atoms with Crippen molar-refractivity contribution in [3.8, 4) is 11.5 Å². The Morgan fingerprint density at radius 1 is 1.33 bits per heavy atom. The lowest BCUT2D eigenvalue weighted by Gasteiger charge is -2.12. The van der Waals surface area contributed by atoms with Crippen molar-refractivity contribution in [2.75, 3.05) is 19.8 Å². The van der Waals surface area contributed by atoms with Crippen LogP contribution in [0.4, 0.5) is 0 Å². The second-order valence-electron chi connectivity index (χ2n) is 4.19. The Morgan fingerprint density at radius 3 is 3.00 bits per heavy atom. The molecule has 18 heavy (non-hydrogen) atoms. The van der Waals surface area contributed by atoms with Crippen LogP contribution in [0.5, 0.6) is 11.5 Å². The predicted molar refractivity (Wildman–Crippen MR) is 67.6 cm³/mol. The van der Waals surface area contributed by atoms with Gasteiger partial charge in [0.2, 0.25) is 5.91 Å². The van der Waals surface area contributed by atoms with Crippen LogP contribution in [0.2, 0.25) is 0 Å². The van der Waals surface area contributed by atoms with E-state index in [1.54, 1.807) is 0 Å². The molecule has 0 unspecified atom stereocenters. The zero-order valence-corrected chi connectivity index (χ0v) is 10.3. The Labute approximate surface area is 106 Å². The summed E-state index contributed by atoms with van der Waals surface area (Å²) in [5.41, 5.74) is 6.12. The lowest BCUT2D eigenvalue weighted by Crippen LogP contribution is -2.21. The van der Waals surface area contributed by atoms with Gasteiger partial charge in [-0.25, -0.2) is 0 Å². The van der Waals surface area contributed by atoms with Gasteiger partial charge in [-0.1, -0.05) is 12.1 Å². The van der Waals surface area contributed by atoms with E-state index in [2.05, 4.69) is 5.32 Å². The van der Waals surface area contributed by atoms with E-state index in [4.69, 9.17) is 15.2 Å². The molecule has 1 amide bonds. The number of rotatable bonds is 5. The number of hydrogen-bond donors (Lipinski definition) is 2. The fourth-order valence-electron chi connectivity index (χ4n) is 1.83. The number of carbonyl (C=O) groups is 1.